The Kier molecular flexibility index (Phi) is 26.1. The third-order valence-electron chi connectivity index (χ3n) is 11.8. The first-order valence-electron chi connectivity index (χ1n) is 25.0. The normalized spacial score (nSPS) is 14.0. The van der Waals surface area contributed by atoms with Gasteiger partial charge < -0.3 is 91.4 Å². The molecule has 0 radical (unpaired) electrons. The first-order chi connectivity index (χ1) is 36.8. The number of aliphatic imine (C=N–C) groups is 2. The molecule has 0 aliphatic heterocycles. The number of phenols is 3. The number of amides is 7. The summed E-state index contributed by atoms with van der Waals surface area (Å²) in [6.45, 7) is 3.95. The van der Waals surface area contributed by atoms with Gasteiger partial charge in [-0.2, -0.15) is 0 Å². The fourth-order valence-electron chi connectivity index (χ4n) is 7.61. The van der Waals surface area contributed by atoms with E-state index in [1.165, 1.54) is 67.6 Å². The highest BCUT2D eigenvalue weighted by Crippen LogP contribution is 2.16. The number of nitrogens with one attached hydrogen (secondary N) is 7. The zero-order valence-electron chi connectivity index (χ0n) is 43.7. The Labute approximate surface area is 450 Å². The SMILES string of the molecule is CC(C)C[C@H](NC(=O)[C@@H](N)Cc1ccc(O)cc1)C(=O)N[C@@H](C)C(=O)N[C@@H](CO)C(=O)N[C@@H](Cc1ccc(O)cc1)C(=O)N[C@@H](CCCN=C(N)N)C(=O)N[C@@H](Cc1ccc(O)cc1)C(=O)N[C@@H](CCCN=C(N)N)C(=O)O. The third kappa shape index (κ3) is 23.0. The van der Waals surface area contributed by atoms with Gasteiger partial charge in [0.05, 0.1) is 12.6 Å². The van der Waals surface area contributed by atoms with Gasteiger partial charge in [0.15, 0.2) is 11.9 Å². The van der Waals surface area contributed by atoms with Crippen molar-refractivity contribution in [1.29, 1.82) is 0 Å². The van der Waals surface area contributed by atoms with Crippen LogP contribution in [0, 0.1) is 5.92 Å². The highest BCUT2D eigenvalue weighted by atomic mass is 16.4. The first kappa shape index (κ1) is 63.6. The summed E-state index contributed by atoms with van der Waals surface area (Å²) in [6, 6.07) is 5.96. The highest BCUT2D eigenvalue weighted by molar-refractivity contribution is 5.97. The van der Waals surface area contributed by atoms with Gasteiger partial charge in [-0.05, 0) is 104 Å². The lowest BCUT2D eigenvalue weighted by Crippen LogP contribution is -2.61. The van der Waals surface area contributed by atoms with Gasteiger partial charge >= 0.3 is 5.97 Å². The number of guanidine groups is 2. The number of hydrogen-bond donors (Lipinski definition) is 17. The van der Waals surface area contributed by atoms with Crippen LogP contribution in [0.1, 0.15) is 69.6 Å². The molecule has 0 aliphatic rings. The third-order valence-corrected chi connectivity index (χ3v) is 11.8. The second kappa shape index (κ2) is 32.0. The summed E-state index contributed by atoms with van der Waals surface area (Å²) in [5, 5.41) is 67.4. The van der Waals surface area contributed by atoms with E-state index in [0.29, 0.717) is 16.7 Å². The molecule has 3 aromatic carbocycles. The topological polar surface area (TPSA) is 477 Å². The molecule has 0 bridgehead atoms. The van der Waals surface area contributed by atoms with Crippen molar-refractivity contribution in [3.8, 4) is 17.2 Å². The average Bonchev–Trinajstić information content (AvgIpc) is 3.38. The lowest BCUT2D eigenvalue weighted by Gasteiger charge is -2.27. The molecule has 0 heterocycles. The van der Waals surface area contributed by atoms with Crippen LogP contribution in [-0.2, 0) is 57.6 Å². The van der Waals surface area contributed by atoms with Crippen molar-refractivity contribution in [2.45, 2.75) is 120 Å². The lowest BCUT2D eigenvalue weighted by atomic mass is 10.0. The molecule has 3 aromatic rings. The molecule has 78 heavy (non-hydrogen) atoms. The van der Waals surface area contributed by atoms with Crippen LogP contribution in [0.4, 0.5) is 0 Å². The molecule has 27 heteroatoms. The summed E-state index contributed by atoms with van der Waals surface area (Å²) in [6.07, 6.45) is -0.320. The Morgan fingerprint density at radius 1 is 0.462 bits per heavy atom. The van der Waals surface area contributed by atoms with E-state index in [4.69, 9.17) is 28.7 Å². The summed E-state index contributed by atoms with van der Waals surface area (Å²) in [5.41, 5.74) is 29.4. The van der Waals surface area contributed by atoms with Crippen molar-refractivity contribution in [3.05, 3.63) is 89.5 Å². The van der Waals surface area contributed by atoms with Crippen LogP contribution in [0.5, 0.6) is 17.2 Å². The molecule has 0 saturated heterocycles. The second-order valence-corrected chi connectivity index (χ2v) is 18.9. The number of aliphatic hydroxyl groups excluding tert-OH is 1. The van der Waals surface area contributed by atoms with E-state index in [1.54, 1.807) is 12.1 Å². The Balaban J connectivity index is 1.87. The number of nitrogens with two attached hydrogens (primary N) is 5. The van der Waals surface area contributed by atoms with Crippen molar-refractivity contribution in [2.24, 2.45) is 44.6 Å². The maximum Gasteiger partial charge on any atom is 0.326 e. The van der Waals surface area contributed by atoms with Crippen LogP contribution in [0.2, 0.25) is 0 Å². The molecule has 7 amide bonds. The van der Waals surface area contributed by atoms with E-state index in [1.807, 2.05) is 13.8 Å². The number of aromatic hydroxyl groups is 3. The molecular formula is C51H74N14O13. The van der Waals surface area contributed by atoms with E-state index >= 15 is 0 Å². The zero-order valence-corrected chi connectivity index (χ0v) is 43.7. The molecule has 0 unspecified atom stereocenters. The van der Waals surface area contributed by atoms with Gasteiger partial charge in [0.2, 0.25) is 41.4 Å². The molecule has 0 aliphatic carbocycles. The van der Waals surface area contributed by atoms with Crippen molar-refractivity contribution < 1.29 is 63.9 Å². The fraction of sp³-hybridized carbons (Fsp3) is 0.451. The molecule has 0 fully saturated rings. The van der Waals surface area contributed by atoms with Crippen molar-refractivity contribution in [3.63, 3.8) is 0 Å². The molecule has 0 spiro atoms. The standard InChI is InChI=1S/C51H74N14O13/c1-27(2)22-38(62-43(71)35(52)23-29-8-14-32(67)15-9-29)45(73)59-28(3)42(70)65-41(26-66)48(76)64-39(24-30-10-16-33(68)17-11-30)46(74)60-36(6-4-20-57-50(53)54)44(72)63-40(25-31-12-18-34(69)19-13-31)47(75)61-37(49(77)78)7-5-21-58-51(55)56/h8-19,27-28,35-41,66-69H,4-7,20-26,52H2,1-3H3,(H,59,73)(H,60,74)(H,61,75)(H,62,71)(H,63,72)(H,64,76)(H,65,70)(H,77,78)(H4,53,54,57)(H4,55,56,58)/t28-,35-,36-,37-,38-,39-,40-,41-/m0/s1. The number of aliphatic hydroxyl groups is 1. The van der Waals surface area contributed by atoms with Crippen LogP contribution < -0.4 is 65.9 Å². The predicted octanol–water partition coefficient (Wildman–Crippen LogP) is -3.20. The van der Waals surface area contributed by atoms with Crippen LogP contribution in [0.15, 0.2) is 82.8 Å². The maximum absolute atomic E-state index is 14.4. The van der Waals surface area contributed by atoms with Gasteiger partial charge in [-0.15, -0.1) is 0 Å². The highest BCUT2D eigenvalue weighted by Gasteiger charge is 2.34. The van der Waals surface area contributed by atoms with Crippen LogP contribution in [-0.4, -0.2) is 153 Å². The summed E-state index contributed by atoms with van der Waals surface area (Å²) in [4.78, 5) is 117. The fourth-order valence-corrected chi connectivity index (χ4v) is 7.61. The Hall–Kier alpha value is -8.72. The minimum atomic E-state index is -1.73. The number of nitrogens with zero attached hydrogens (tertiary/aromatic N) is 2. The second-order valence-electron chi connectivity index (χ2n) is 18.9. The molecule has 22 N–H and O–H groups in total. The first-order valence-corrected chi connectivity index (χ1v) is 25.0. The number of hydrogen-bond acceptors (Lipinski definition) is 15. The maximum atomic E-state index is 14.4. The quantitative estimate of drug-likeness (QED) is 0.0166. The predicted molar refractivity (Wildman–Crippen MR) is 287 cm³/mol. The van der Waals surface area contributed by atoms with E-state index in [2.05, 4.69) is 47.2 Å². The molecule has 8 atom stereocenters. The number of aliphatic carboxylic acids is 1. The summed E-state index contributed by atoms with van der Waals surface area (Å²) in [7, 11) is 0. The summed E-state index contributed by atoms with van der Waals surface area (Å²) < 4.78 is 0. The Bertz CT molecular complexity index is 2540. The Morgan fingerprint density at radius 2 is 0.808 bits per heavy atom. The van der Waals surface area contributed by atoms with Crippen LogP contribution in [0.25, 0.3) is 0 Å². The number of benzene rings is 3. The minimum absolute atomic E-state index is 0.0206. The van der Waals surface area contributed by atoms with Crippen molar-refractivity contribution >= 4 is 59.2 Å². The van der Waals surface area contributed by atoms with Gasteiger partial charge in [0, 0.05) is 25.9 Å². The van der Waals surface area contributed by atoms with E-state index < -0.39 is 102 Å². The molecule has 426 valence electrons. The van der Waals surface area contributed by atoms with Crippen LogP contribution in [0.3, 0.4) is 0 Å². The summed E-state index contributed by atoms with van der Waals surface area (Å²) in [5.74, 6) is -8.45. The number of carboxylic acids is 1. The van der Waals surface area contributed by atoms with Gasteiger partial charge in [-0.25, -0.2) is 4.79 Å². The smallest absolute Gasteiger partial charge is 0.326 e. The van der Waals surface area contributed by atoms with Gasteiger partial charge in [0.1, 0.15) is 59.5 Å². The van der Waals surface area contributed by atoms with E-state index in [-0.39, 0.29) is 99.5 Å². The zero-order chi connectivity index (χ0) is 58.1. The van der Waals surface area contributed by atoms with Crippen LogP contribution >= 0.6 is 0 Å². The number of carboxylic acid groups (broad SMARTS) is 1. The molecular weight excluding hydrogens is 1020 g/mol. The number of carbonyl (C=O) groups excluding carboxylic acids is 7. The summed E-state index contributed by atoms with van der Waals surface area (Å²) >= 11 is 0. The molecule has 27 nitrogen and oxygen atoms in total. The lowest BCUT2D eigenvalue weighted by molar-refractivity contribution is -0.142. The van der Waals surface area contributed by atoms with Gasteiger partial charge in [-0.3, -0.25) is 43.5 Å². The van der Waals surface area contributed by atoms with Crippen molar-refractivity contribution in [2.75, 3.05) is 19.7 Å². The van der Waals surface area contributed by atoms with Crippen molar-refractivity contribution in [1.82, 2.24) is 37.2 Å². The molecule has 3 rings (SSSR count). The average molecular weight is 1090 g/mol. The monoisotopic (exact) mass is 1090 g/mol. The number of carbonyl (C=O) groups is 8. The Morgan fingerprint density at radius 3 is 1.22 bits per heavy atom. The van der Waals surface area contributed by atoms with E-state index in [9.17, 15) is 63.9 Å². The largest absolute Gasteiger partial charge is 0.508 e. The minimum Gasteiger partial charge on any atom is -0.508 e. The molecule has 0 aromatic heterocycles. The number of phenolic OH excluding ortho intramolecular Hbond substituents is 3. The van der Waals surface area contributed by atoms with Gasteiger partial charge in [0.25, 0.3) is 0 Å². The van der Waals surface area contributed by atoms with Gasteiger partial charge in [-0.1, -0.05) is 50.2 Å². The van der Waals surface area contributed by atoms with E-state index in [0.717, 1.165) is 0 Å². The number of rotatable bonds is 32. The molecule has 0 saturated carbocycles.